The fourth-order valence-electron chi connectivity index (χ4n) is 2.41. The van der Waals surface area contributed by atoms with E-state index in [-0.39, 0.29) is 10.6 Å². The van der Waals surface area contributed by atoms with Crippen molar-refractivity contribution in [2.75, 3.05) is 0 Å². The minimum Gasteiger partial charge on any atom is -0.207 e. The van der Waals surface area contributed by atoms with E-state index in [1.807, 2.05) is 18.2 Å². The molecule has 3 aromatic carbocycles. The van der Waals surface area contributed by atoms with Crippen LogP contribution in [0.5, 0.6) is 0 Å². The predicted molar refractivity (Wildman–Crippen MR) is 93.6 cm³/mol. The molecule has 0 saturated carbocycles. The first-order chi connectivity index (χ1) is 10.0. The number of hydrogen-bond acceptors (Lipinski definition) is 0. The molecule has 0 aliphatic carbocycles. The minimum atomic E-state index is -0.165. The average Bonchev–Trinajstić information content (AvgIpc) is 2.49. The number of halogens is 3. The van der Waals surface area contributed by atoms with Gasteiger partial charge in [0.25, 0.3) is 0 Å². The monoisotopic (exact) mass is 406 g/mol. The van der Waals surface area contributed by atoms with Crippen LogP contribution in [0.2, 0.25) is 0 Å². The molecule has 0 N–H and O–H groups in total. The van der Waals surface area contributed by atoms with Crippen LogP contribution in [0.15, 0.2) is 59.1 Å². The van der Waals surface area contributed by atoms with Gasteiger partial charge in [0.1, 0.15) is 5.82 Å². The minimum absolute atomic E-state index is 0.0600. The van der Waals surface area contributed by atoms with Gasteiger partial charge in [-0.15, -0.1) is 0 Å². The van der Waals surface area contributed by atoms with E-state index < -0.39 is 0 Å². The topological polar surface area (TPSA) is 0 Å². The highest BCUT2D eigenvalue weighted by atomic mass is 79.9. The quantitative estimate of drug-likeness (QED) is 0.423. The molecule has 1 unspecified atom stereocenters. The summed E-state index contributed by atoms with van der Waals surface area (Å²) in [6.45, 7) is 1.79. The molecule has 0 heterocycles. The Bertz CT molecular complexity index is 811. The zero-order chi connectivity index (χ0) is 15.0. The Morgan fingerprint density at radius 1 is 0.857 bits per heavy atom. The zero-order valence-electron chi connectivity index (χ0n) is 11.4. The van der Waals surface area contributed by atoms with Gasteiger partial charge < -0.3 is 0 Å². The summed E-state index contributed by atoms with van der Waals surface area (Å²) in [6, 6.07) is 17.9. The molecule has 0 amide bonds. The Kier molecular flexibility index (Phi) is 4.14. The van der Waals surface area contributed by atoms with E-state index in [0.29, 0.717) is 5.56 Å². The zero-order valence-corrected chi connectivity index (χ0v) is 14.6. The van der Waals surface area contributed by atoms with Gasteiger partial charge in [-0.25, -0.2) is 4.39 Å². The first-order valence-electron chi connectivity index (χ1n) is 6.64. The molecular weight excluding hydrogens is 395 g/mol. The molecule has 0 aromatic heterocycles. The van der Waals surface area contributed by atoms with E-state index in [4.69, 9.17) is 0 Å². The van der Waals surface area contributed by atoms with Crippen LogP contribution in [0.1, 0.15) is 21.5 Å². The Balaban J connectivity index is 2.02. The van der Waals surface area contributed by atoms with Crippen molar-refractivity contribution < 1.29 is 4.39 Å². The van der Waals surface area contributed by atoms with Crippen LogP contribution in [0, 0.1) is 12.7 Å². The third-order valence-electron chi connectivity index (χ3n) is 3.59. The Morgan fingerprint density at radius 2 is 1.48 bits per heavy atom. The predicted octanol–water partition coefficient (Wildman–Crippen LogP) is 6.53. The fourth-order valence-corrected chi connectivity index (χ4v) is 3.36. The van der Waals surface area contributed by atoms with Gasteiger partial charge in [-0.05, 0) is 58.7 Å². The highest BCUT2D eigenvalue weighted by Crippen LogP contribution is 2.33. The molecule has 1 atom stereocenters. The molecule has 21 heavy (non-hydrogen) atoms. The summed E-state index contributed by atoms with van der Waals surface area (Å²) < 4.78 is 14.5. The van der Waals surface area contributed by atoms with Crippen molar-refractivity contribution in [3.63, 3.8) is 0 Å². The lowest BCUT2D eigenvalue weighted by Crippen LogP contribution is -1.95. The third kappa shape index (κ3) is 3.04. The van der Waals surface area contributed by atoms with E-state index in [1.165, 1.54) is 16.8 Å². The van der Waals surface area contributed by atoms with Crippen LogP contribution in [0.3, 0.4) is 0 Å². The molecule has 0 aliphatic rings. The molecular formula is C18H13Br2F. The lowest BCUT2D eigenvalue weighted by Gasteiger charge is -2.13. The molecule has 0 spiro atoms. The fraction of sp³-hybridized carbons (Fsp3) is 0.111. The molecule has 0 fully saturated rings. The lowest BCUT2D eigenvalue weighted by atomic mass is 10.00. The Morgan fingerprint density at radius 3 is 2.24 bits per heavy atom. The van der Waals surface area contributed by atoms with Gasteiger partial charge >= 0.3 is 0 Å². The largest absolute Gasteiger partial charge is 0.207 e. The highest BCUT2D eigenvalue weighted by Gasteiger charge is 2.12. The molecule has 0 nitrogen and oxygen atoms in total. The average molecular weight is 408 g/mol. The van der Waals surface area contributed by atoms with E-state index in [2.05, 4.69) is 62.2 Å². The second kappa shape index (κ2) is 5.90. The second-order valence-electron chi connectivity index (χ2n) is 5.12. The van der Waals surface area contributed by atoms with Crippen molar-refractivity contribution in [1.29, 1.82) is 0 Å². The number of alkyl halides is 1. The van der Waals surface area contributed by atoms with E-state index in [0.717, 1.165) is 15.6 Å². The Labute approximate surface area is 140 Å². The van der Waals surface area contributed by atoms with Crippen molar-refractivity contribution in [1.82, 2.24) is 0 Å². The molecule has 3 aromatic rings. The molecule has 0 bridgehead atoms. The first-order valence-corrected chi connectivity index (χ1v) is 8.35. The van der Waals surface area contributed by atoms with Crippen LogP contribution >= 0.6 is 31.9 Å². The summed E-state index contributed by atoms with van der Waals surface area (Å²) in [7, 11) is 0. The molecule has 0 saturated heterocycles. The number of benzene rings is 3. The van der Waals surface area contributed by atoms with E-state index in [1.54, 1.807) is 6.92 Å². The second-order valence-corrected chi connectivity index (χ2v) is 6.95. The van der Waals surface area contributed by atoms with Crippen LogP contribution < -0.4 is 0 Å². The summed E-state index contributed by atoms with van der Waals surface area (Å²) in [4.78, 5) is 0.0600. The number of hydrogen-bond donors (Lipinski definition) is 0. The maximum atomic E-state index is 13.4. The lowest BCUT2D eigenvalue weighted by molar-refractivity contribution is 0.618. The maximum Gasteiger partial charge on any atom is 0.126 e. The van der Waals surface area contributed by atoms with Crippen molar-refractivity contribution >= 4 is 42.6 Å². The summed E-state index contributed by atoms with van der Waals surface area (Å²) in [6.07, 6.45) is 0. The summed E-state index contributed by atoms with van der Waals surface area (Å²) in [5, 5.41) is 2.39. The van der Waals surface area contributed by atoms with Crippen LogP contribution in [-0.2, 0) is 0 Å². The number of fused-ring (bicyclic) bond motifs is 1. The highest BCUT2D eigenvalue weighted by molar-refractivity contribution is 9.10. The van der Waals surface area contributed by atoms with Crippen molar-refractivity contribution in [2.45, 2.75) is 11.8 Å². The van der Waals surface area contributed by atoms with E-state index in [9.17, 15) is 4.39 Å². The van der Waals surface area contributed by atoms with Gasteiger partial charge in [-0.3, -0.25) is 0 Å². The van der Waals surface area contributed by atoms with Crippen molar-refractivity contribution in [3.05, 3.63) is 81.6 Å². The number of aryl methyl sites for hydroxylation is 1. The van der Waals surface area contributed by atoms with E-state index >= 15 is 0 Å². The SMILES string of the molecule is Cc1cc(C(Br)c2ccc3cc(Br)ccc3c2)ccc1F. The molecule has 0 aliphatic heterocycles. The summed E-state index contributed by atoms with van der Waals surface area (Å²) >= 11 is 7.21. The molecule has 0 radical (unpaired) electrons. The van der Waals surface area contributed by atoms with Crippen LogP contribution in [0.25, 0.3) is 10.8 Å². The standard InChI is InChI=1S/C18H13Br2F/c1-11-8-14(5-7-17(11)21)18(20)15-3-2-13-10-16(19)6-4-12(13)9-15/h2-10,18H,1H3. The van der Waals surface area contributed by atoms with Crippen LogP contribution in [0.4, 0.5) is 4.39 Å². The van der Waals surface area contributed by atoms with Gasteiger partial charge in [0.15, 0.2) is 0 Å². The maximum absolute atomic E-state index is 13.4. The normalized spacial score (nSPS) is 12.6. The molecule has 3 rings (SSSR count). The third-order valence-corrected chi connectivity index (χ3v) is 5.14. The summed E-state index contributed by atoms with van der Waals surface area (Å²) in [5.74, 6) is -0.165. The first kappa shape index (κ1) is 14.7. The van der Waals surface area contributed by atoms with Crippen molar-refractivity contribution in [3.8, 4) is 0 Å². The van der Waals surface area contributed by atoms with Gasteiger partial charge in [-0.2, -0.15) is 0 Å². The van der Waals surface area contributed by atoms with Crippen molar-refractivity contribution in [2.24, 2.45) is 0 Å². The summed E-state index contributed by atoms with van der Waals surface area (Å²) in [5.41, 5.74) is 2.89. The van der Waals surface area contributed by atoms with Crippen LogP contribution in [-0.4, -0.2) is 0 Å². The molecule has 3 heteroatoms. The van der Waals surface area contributed by atoms with Gasteiger partial charge in [0.2, 0.25) is 0 Å². The molecule has 106 valence electrons. The Hall–Kier alpha value is -1.19. The van der Waals surface area contributed by atoms with Gasteiger partial charge in [0, 0.05) is 4.47 Å². The van der Waals surface area contributed by atoms with Gasteiger partial charge in [0.05, 0.1) is 4.83 Å². The number of rotatable bonds is 2. The van der Waals surface area contributed by atoms with Gasteiger partial charge in [-0.1, -0.05) is 62.2 Å². The smallest absolute Gasteiger partial charge is 0.126 e.